The lowest BCUT2D eigenvalue weighted by atomic mass is 9.87. The van der Waals surface area contributed by atoms with Gasteiger partial charge < -0.3 is 10.2 Å². The third kappa shape index (κ3) is 4.30. The molecule has 0 atom stereocenters. The summed E-state index contributed by atoms with van der Waals surface area (Å²) in [6.45, 7) is 11.9. The van der Waals surface area contributed by atoms with Gasteiger partial charge in [-0.1, -0.05) is 17.7 Å². The van der Waals surface area contributed by atoms with Crippen molar-refractivity contribution >= 4 is 57.5 Å². The summed E-state index contributed by atoms with van der Waals surface area (Å²) in [6, 6.07) is 11.7. The Morgan fingerprint density at radius 1 is 1.19 bits per heavy atom. The average molecular weight is 452 g/mol. The summed E-state index contributed by atoms with van der Waals surface area (Å²) in [6.07, 6.45) is 4.28. The van der Waals surface area contributed by atoms with E-state index >= 15 is 0 Å². The van der Waals surface area contributed by atoms with Gasteiger partial charge in [-0.25, -0.2) is 4.99 Å². The first kappa shape index (κ1) is 21.7. The van der Waals surface area contributed by atoms with Crippen molar-refractivity contribution in [3.63, 3.8) is 0 Å². The molecule has 0 saturated carbocycles. The summed E-state index contributed by atoms with van der Waals surface area (Å²) in [5.41, 5.74) is 6.66. The zero-order chi connectivity index (χ0) is 22.3. The quantitative estimate of drug-likeness (QED) is 0.537. The molecule has 4 nitrogen and oxygen atoms in total. The molecule has 31 heavy (non-hydrogen) atoms. The number of aryl methyl sites for hydroxylation is 1. The number of carbonyl (C=O) groups is 1. The van der Waals surface area contributed by atoms with Crippen LogP contribution in [0.2, 0.25) is 5.02 Å². The minimum absolute atomic E-state index is 0.0214. The van der Waals surface area contributed by atoms with Gasteiger partial charge in [0.25, 0.3) is 5.91 Å². The highest BCUT2D eigenvalue weighted by atomic mass is 35.5. The number of halogens is 1. The first-order chi connectivity index (χ1) is 14.7. The second kappa shape index (κ2) is 8.21. The number of rotatable bonds is 3. The number of nitrogens with zero attached hydrogens (tertiary/aromatic N) is 2. The van der Waals surface area contributed by atoms with E-state index in [0.717, 1.165) is 23.4 Å². The van der Waals surface area contributed by atoms with Crippen molar-refractivity contribution in [1.29, 1.82) is 0 Å². The van der Waals surface area contributed by atoms with Gasteiger partial charge in [0, 0.05) is 22.8 Å². The lowest BCUT2D eigenvalue weighted by molar-refractivity contribution is -0.115. The van der Waals surface area contributed by atoms with Gasteiger partial charge in [0.05, 0.1) is 16.1 Å². The fourth-order valence-electron chi connectivity index (χ4n) is 4.23. The van der Waals surface area contributed by atoms with Gasteiger partial charge in [-0.3, -0.25) is 4.79 Å². The van der Waals surface area contributed by atoms with E-state index in [0.29, 0.717) is 15.1 Å². The molecule has 0 aliphatic carbocycles. The number of benzene rings is 2. The number of hydrogen-bond acceptors (Lipinski definition) is 4. The molecule has 1 N–H and O–H groups in total. The van der Waals surface area contributed by atoms with Crippen molar-refractivity contribution in [2.24, 2.45) is 4.99 Å². The smallest absolute Gasteiger partial charge is 0.264 e. The fourth-order valence-corrected chi connectivity index (χ4v) is 5.19. The molecule has 160 valence electrons. The third-order valence-corrected chi connectivity index (χ3v) is 6.84. The van der Waals surface area contributed by atoms with Gasteiger partial charge in [-0.2, -0.15) is 0 Å². The molecule has 0 bridgehead atoms. The minimum Gasteiger partial charge on any atom is -0.363 e. The lowest BCUT2D eigenvalue weighted by Gasteiger charge is -2.43. The Morgan fingerprint density at radius 2 is 1.90 bits per heavy atom. The van der Waals surface area contributed by atoms with E-state index in [-0.39, 0.29) is 11.4 Å². The average Bonchev–Trinajstić information content (AvgIpc) is 3.03. The predicted molar refractivity (Wildman–Crippen MR) is 134 cm³/mol. The molecule has 0 spiro atoms. The molecule has 6 heteroatoms. The monoisotopic (exact) mass is 451 g/mol. The number of nitrogens with one attached hydrogen (secondary N) is 1. The number of likely N-dealkylation sites (N-methyl/N-ethyl adjacent to an activating group) is 1. The van der Waals surface area contributed by atoms with E-state index in [1.54, 1.807) is 12.1 Å². The number of aliphatic imine (C=N–C) groups is 1. The molecule has 0 radical (unpaired) electrons. The van der Waals surface area contributed by atoms with Gasteiger partial charge in [-0.05, 0) is 106 Å². The highest BCUT2D eigenvalue weighted by Gasteiger charge is 2.31. The number of carbonyl (C=O) groups excluding carboxylic acids is 1. The molecule has 2 aliphatic heterocycles. The van der Waals surface area contributed by atoms with E-state index in [9.17, 15) is 4.79 Å². The maximum absolute atomic E-state index is 12.6. The number of allylic oxidation sites excluding steroid dienone is 1. The molecule has 0 unspecified atom stereocenters. The third-order valence-electron chi connectivity index (χ3n) is 5.68. The van der Waals surface area contributed by atoms with Crippen LogP contribution in [-0.4, -0.2) is 23.2 Å². The number of thioether (sulfide) groups is 1. The van der Waals surface area contributed by atoms with Crippen LogP contribution in [0.4, 0.5) is 11.4 Å². The van der Waals surface area contributed by atoms with Crippen molar-refractivity contribution in [1.82, 2.24) is 5.32 Å². The predicted octanol–water partition coefficient (Wildman–Crippen LogP) is 6.56. The number of amides is 1. The first-order valence-corrected chi connectivity index (χ1v) is 11.5. The van der Waals surface area contributed by atoms with Gasteiger partial charge in [0.1, 0.15) is 0 Å². The SMILES string of the molecule is CCN1c2cc(C)c(/C=C3\SC(=Nc4ccc(Cl)cc4)NC3=O)cc2C(C)=CC1(C)C. The van der Waals surface area contributed by atoms with Gasteiger partial charge in [0.15, 0.2) is 5.17 Å². The Morgan fingerprint density at radius 3 is 2.58 bits per heavy atom. The normalized spacial score (nSPS) is 20.1. The Kier molecular flexibility index (Phi) is 5.75. The summed E-state index contributed by atoms with van der Waals surface area (Å²) in [7, 11) is 0. The van der Waals surface area contributed by atoms with E-state index in [4.69, 9.17) is 11.6 Å². The van der Waals surface area contributed by atoms with Crippen LogP contribution in [0.15, 0.2) is 52.4 Å². The lowest BCUT2D eigenvalue weighted by Crippen LogP contribution is -2.44. The summed E-state index contributed by atoms with van der Waals surface area (Å²) in [4.78, 5) is 20.1. The largest absolute Gasteiger partial charge is 0.363 e. The second-order valence-electron chi connectivity index (χ2n) is 8.41. The van der Waals surface area contributed by atoms with E-state index in [1.165, 1.54) is 28.6 Å². The van der Waals surface area contributed by atoms with Crippen LogP contribution in [0.25, 0.3) is 11.6 Å². The van der Waals surface area contributed by atoms with Crippen LogP contribution in [0.3, 0.4) is 0 Å². The van der Waals surface area contributed by atoms with Crippen LogP contribution in [0, 0.1) is 6.92 Å². The number of amidine groups is 1. The van der Waals surface area contributed by atoms with E-state index < -0.39 is 0 Å². The van der Waals surface area contributed by atoms with Gasteiger partial charge >= 0.3 is 0 Å². The van der Waals surface area contributed by atoms with Crippen molar-refractivity contribution < 1.29 is 4.79 Å². The Bertz CT molecular complexity index is 1150. The highest BCUT2D eigenvalue weighted by Crippen LogP contribution is 2.41. The minimum atomic E-state index is -0.126. The first-order valence-electron chi connectivity index (χ1n) is 10.3. The Labute approximate surface area is 193 Å². The van der Waals surface area contributed by atoms with Crippen molar-refractivity contribution in [2.45, 2.75) is 40.2 Å². The molecular formula is C25H26ClN3OS. The maximum atomic E-state index is 12.6. The molecule has 1 fully saturated rings. The Hall–Kier alpha value is -2.50. The van der Waals surface area contributed by atoms with Crippen molar-refractivity contribution in [2.75, 3.05) is 11.4 Å². The highest BCUT2D eigenvalue weighted by molar-refractivity contribution is 8.18. The molecule has 0 aromatic heterocycles. The van der Waals surface area contributed by atoms with Crippen LogP contribution < -0.4 is 10.2 Å². The van der Waals surface area contributed by atoms with E-state index in [1.807, 2.05) is 18.2 Å². The van der Waals surface area contributed by atoms with Crippen LogP contribution in [0.5, 0.6) is 0 Å². The van der Waals surface area contributed by atoms with Crippen LogP contribution in [-0.2, 0) is 4.79 Å². The zero-order valence-corrected chi connectivity index (χ0v) is 20.0. The summed E-state index contributed by atoms with van der Waals surface area (Å²) < 4.78 is 0. The summed E-state index contributed by atoms with van der Waals surface area (Å²) >= 11 is 7.29. The van der Waals surface area contributed by atoms with Crippen LogP contribution >= 0.6 is 23.4 Å². The number of fused-ring (bicyclic) bond motifs is 1. The summed E-state index contributed by atoms with van der Waals surface area (Å²) in [5.74, 6) is -0.126. The zero-order valence-electron chi connectivity index (χ0n) is 18.4. The molecule has 1 amide bonds. The number of hydrogen-bond donors (Lipinski definition) is 1. The molecule has 2 aromatic rings. The molecule has 2 heterocycles. The fraction of sp³-hybridized carbons (Fsp3) is 0.280. The van der Waals surface area contributed by atoms with Gasteiger partial charge in [0.2, 0.25) is 0 Å². The molecule has 2 aromatic carbocycles. The van der Waals surface area contributed by atoms with Crippen molar-refractivity contribution in [3.8, 4) is 0 Å². The Balaban J connectivity index is 1.67. The standard InChI is InChI=1S/C25H26ClN3OS/c1-6-29-21-11-15(2)17(12-20(21)16(3)14-25(29,4)5)13-22-23(30)28-24(31-22)27-19-9-7-18(26)8-10-19/h7-14H,6H2,1-5H3,(H,27,28,30)/b22-13-. The molecule has 2 aliphatic rings. The van der Waals surface area contributed by atoms with E-state index in [2.05, 4.69) is 68.0 Å². The molecule has 4 rings (SSSR count). The number of anilines is 1. The maximum Gasteiger partial charge on any atom is 0.264 e. The van der Waals surface area contributed by atoms with Crippen LogP contribution in [0.1, 0.15) is 44.4 Å². The van der Waals surface area contributed by atoms with Crippen molar-refractivity contribution in [3.05, 3.63) is 69.1 Å². The van der Waals surface area contributed by atoms with Gasteiger partial charge in [-0.15, -0.1) is 0 Å². The summed E-state index contributed by atoms with van der Waals surface area (Å²) in [5, 5.41) is 4.09. The molecule has 1 saturated heterocycles. The topological polar surface area (TPSA) is 44.7 Å². The molecular weight excluding hydrogens is 426 g/mol. The second-order valence-corrected chi connectivity index (χ2v) is 9.88.